The van der Waals surface area contributed by atoms with Crippen molar-refractivity contribution in [1.82, 2.24) is 4.90 Å². The number of aliphatic hydroxyl groups is 1. The quantitative estimate of drug-likeness (QED) is 0.312. The molecule has 172 valence electrons. The molecule has 4 aromatic carbocycles. The number of nitrogens with zero attached hydrogens (tertiary/aromatic N) is 1. The molecule has 0 bridgehead atoms. The van der Waals surface area contributed by atoms with Crippen molar-refractivity contribution in [2.24, 2.45) is 0 Å². The number of hydrogen-bond donors (Lipinski definition) is 1. The lowest BCUT2D eigenvalue weighted by atomic mass is 9.76. The molecule has 5 heteroatoms. The second kappa shape index (κ2) is 8.84. The van der Waals surface area contributed by atoms with E-state index in [0.29, 0.717) is 12.1 Å². The molecule has 3 atom stereocenters. The van der Waals surface area contributed by atoms with Crippen molar-refractivity contribution in [3.63, 3.8) is 0 Å². The van der Waals surface area contributed by atoms with Crippen LogP contribution in [0.5, 0.6) is 0 Å². The van der Waals surface area contributed by atoms with Gasteiger partial charge in [0.05, 0.1) is 22.6 Å². The third-order valence-corrected chi connectivity index (χ3v) is 7.80. The van der Waals surface area contributed by atoms with Gasteiger partial charge in [0.25, 0.3) is 0 Å². The van der Waals surface area contributed by atoms with E-state index in [1.807, 2.05) is 18.2 Å². The number of hydrogen-bond acceptors (Lipinski definition) is 4. The fraction of sp³-hybridized carbons (Fsp3) is 0.172. The molecule has 0 aliphatic carbocycles. The Labute approximate surface area is 201 Å². The molecular weight excluding hydrogens is 442 g/mol. The topological polar surface area (TPSA) is 57.4 Å². The van der Waals surface area contributed by atoms with Gasteiger partial charge < -0.3 is 5.11 Å². The Morgan fingerprint density at radius 1 is 0.735 bits per heavy atom. The number of rotatable bonds is 7. The molecular formula is C29H27NO3S. The molecule has 1 saturated heterocycles. The van der Waals surface area contributed by atoms with E-state index in [0.717, 1.165) is 16.7 Å². The van der Waals surface area contributed by atoms with E-state index in [4.69, 9.17) is 0 Å². The van der Waals surface area contributed by atoms with Crippen molar-refractivity contribution < 1.29 is 13.5 Å². The summed E-state index contributed by atoms with van der Waals surface area (Å²) in [5.41, 5.74) is 3.55. The van der Waals surface area contributed by atoms with E-state index in [9.17, 15) is 13.5 Å². The van der Waals surface area contributed by atoms with Gasteiger partial charge in [0.15, 0.2) is 9.84 Å². The zero-order valence-corrected chi connectivity index (χ0v) is 19.8. The number of sulfone groups is 1. The fourth-order valence-corrected chi connectivity index (χ4v) is 5.61. The van der Waals surface area contributed by atoms with Gasteiger partial charge in [0, 0.05) is 12.8 Å². The maximum atomic E-state index is 11.8. The van der Waals surface area contributed by atoms with Crippen LogP contribution in [0.15, 0.2) is 120 Å². The third-order valence-electron chi connectivity index (χ3n) is 6.67. The van der Waals surface area contributed by atoms with Crippen LogP contribution in [0.1, 0.15) is 28.4 Å². The molecule has 1 aliphatic rings. The second-order valence-corrected chi connectivity index (χ2v) is 10.8. The number of benzene rings is 4. The lowest BCUT2D eigenvalue weighted by Gasteiger charge is -2.38. The van der Waals surface area contributed by atoms with Gasteiger partial charge in [-0.1, -0.05) is 103 Å². The molecule has 34 heavy (non-hydrogen) atoms. The molecule has 0 radical (unpaired) electrons. The normalized spacial score (nSPS) is 18.9. The number of aliphatic hydroxyl groups excluding tert-OH is 1. The van der Waals surface area contributed by atoms with E-state index < -0.39 is 21.5 Å². The van der Waals surface area contributed by atoms with E-state index in [-0.39, 0.29) is 10.9 Å². The second-order valence-electron chi connectivity index (χ2n) is 8.81. The summed E-state index contributed by atoms with van der Waals surface area (Å²) in [7, 11) is -3.28. The summed E-state index contributed by atoms with van der Waals surface area (Å²) in [6.45, 7) is 0.702. The van der Waals surface area contributed by atoms with Crippen molar-refractivity contribution >= 4 is 9.84 Å². The highest BCUT2D eigenvalue weighted by atomic mass is 32.2. The summed E-state index contributed by atoms with van der Waals surface area (Å²) in [5.74, 6) is 0. The Morgan fingerprint density at radius 2 is 1.15 bits per heavy atom. The van der Waals surface area contributed by atoms with Crippen LogP contribution < -0.4 is 0 Å². The molecule has 0 saturated carbocycles. The smallest absolute Gasteiger partial charge is 0.175 e. The SMILES string of the molecule is CS(=O)(=O)c1ccc(C(O)C2CN2C(c2ccccc2)(c2ccccc2)c2ccccc2)cc1. The van der Waals surface area contributed by atoms with Gasteiger partial charge in [-0.25, -0.2) is 8.42 Å². The van der Waals surface area contributed by atoms with Crippen molar-refractivity contribution in [3.8, 4) is 0 Å². The Morgan fingerprint density at radius 3 is 1.53 bits per heavy atom. The van der Waals surface area contributed by atoms with Crippen LogP contribution >= 0.6 is 0 Å². The summed E-state index contributed by atoms with van der Waals surface area (Å²) < 4.78 is 23.7. The Hall–Kier alpha value is -3.25. The van der Waals surface area contributed by atoms with Crippen LogP contribution in [0, 0.1) is 0 Å². The van der Waals surface area contributed by atoms with Crippen molar-refractivity contribution in [1.29, 1.82) is 0 Å². The van der Waals surface area contributed by atoms with E-state index in [2.05, 4.69) is 77.7 Å². The highest BCUT2D eigenvalue weighted by molar-refractivity contribution is 7.90. The predicted octanol–water partition coefficient (Wildman–Crippen LogP) is 4.80. The summed E-state index contributed by atoms with van der Waals surface area (Å²) in [5, 5.41) is 11.3. The highest BCUT2D eigenvalue weighted by Crippen LogP contribution is 2.50. The minimum atomic E-state index is -3.28. The van der Waals surface area contributed by atoms with Gasteiger partial charge >= 0.3 is 0 Å². The van der Waals surface area contributed by atoms with Crippen LogP contribution in [-0.4, -0.2) is 37.3 Å². The molecule has 1 N–H and O–H groups in total. The van der Waals surface area contributed by atoms with Gasteiger partial charge in [0.1, 0.15) is 0 Å². The van der Waals surface area contributed by atoms with E-state index in [1.54, 1.807) is 24.3 Å². The molecule has 5 rings (SSSR count). The van der Waals surface area contributed by atoms with Gasteiger partial charge in [-0.15, -0.1) is 0 Å². The summed E-state index contributed by atoms with van der Waals surface area (Å²) in [4.78, 5) is 2.59. The van der Waals surface area contributed by atoms with E-state index in [1.165, 1.54) is 6.26 Å². The molecule has 4 nitrogen and oxygen atoms in total. The first-order valence-corrected chi connectivity index (χ1v) is 13.2. The first kappa shape index (κ1) is 22.5. The molecule has 1 heterocycles. The standard InChI is InChI=1S/C29H27NO3S/c1-34(32,33)26-19-17-22(18-20-26)28(31)27-21-30(27)29(23-11-5-2-6-12-23,24-13-7-3-8-14-24)25-15-9-4-10-16-25/h2-20,27-28,31H,21H2,1H3. The average Bonchev–Trinajstić information content (AvgIpc) is 3.67. The van der Waals surface area contributed by atoms with Crippen LogP contribution in [0.4, 0.5) is 0 Å². The van der Waals surface area contributed by atoms with E-state index >= 15 is 0 Å². The van der Waals surface area contributed by atoms with Crippen molar-refractivity contribution in [3.05, 3.63) is 138 Å². The molecule has 0 spiro atoms. The summed E-state index contributed by atoms with van der Waals surface area (Å²) >= 11 is 0. The fourth-order valence-electron chi connectivity index (χ4n) is 4.98. The Balaban J connectivity index is 1.60. The summed E-state index contributed by atoms with van der Waals surface area (Å²) in [6, 6.07) is 37.6. The van der Waals surface area contributed by atoms with Gasteiger partial charge in [0.2, 0.25) is 0 Å². The maximum absolute atomic E-state index is 11.8. The molecule has 0 amide bonds. The van der Waals surface area contributed by atoms with Gasteiger partial charge in [-0.3, -0.25) is 4.90 Å². The van der Waals surface area contributed by atoms with Crippen molar-refractivity contribution in [2.75, 3.05) is 12.8 Å². The maximum Gasteiger partial charge on any atom is 0.175 e. The van der Waals surface area contributed by atoms with Crippen molar-refractivity contribution in [2.45, 2.75) is 22.6 Å². The molecule has 3 unspecified atom stereocenters. The lowest BCUT2D eigenvalue weighted by molar-refractivity contribution is 0.142. The van der Waals surface area contributed by atoms with Crippen LogP contribution in [0.25, 0.3) is 0 Å². The largest absolute Gasteiger partial charge is 0.387 e. The first-order valence-electron chi connectivity index (χ1n) is 11.3. The lowest BCUT2D eigenvalue weighted by Crippen LogP contribution is -2.39. The van der Waals surface area contributed by atoms with Crippen LogP contribution in [0.2, 0.25) is 0 Å². The third kappa shape index (κ3) is 3.96. The zero-order chi connectivity index (χ0) is 23.8. The highest BCUT2D eigenvalue weighted by Gasteiger charge is 2.55. The predicted molar refractivity (Wildman–Crippen MR) is 134 cm³/mol. The molecule has 1 fully saturated rings. The molecule has 1 aliphatic heterocycles. The molecule has 0 aromatic heterocycles. The van der Waals surface area contributed by atoms with Crippen LogP contribution in [-0.2, 0) is 15.4 Å². The minimum absolute atomic E-state index is 0.121. The Bertz CT molecular complexity index is 1260. The minimum Gasteiger partial charge on any atom is -0.387 e. The monoisotopic (exact) mass is 469 g/mol. The Kier molecular flexibility index (Phi) is 5.86. The average molecular weight is 470 g/mol. The molecule has 4 aromatic rings. The van der Waals surface area contributed by atoms with Gasteiger partial charge in [-0.2, -0.15) is 0 Å². The summed E-state index contributed by atoms with van der Waals surface area (Å²) in [6.07, 6.45) is 0.443. The first-order chi connectivity index (χ1) is 16.4. The van der Waals surface area contributed by atoms with Crippen LogP contribution in [0.3, 0.4) is 0 Å². The zero-order valence-electron chi connectivity index (χ0n) is 19.0. The van der Waals surface area contributed by atoms with Gasteiger partial charge in [-0.05, 0) is 34.4 Å².